The summed E-state index contributed by atoms with van der Waals surface area (Å²) in [6.45, 7) is 1.78. The average molecular weight is 528 g/mol. The largest absolute Gasteiger partial charge is 0.477 e. The molecule has 4 N–H and O–H groups in total. The third-order valence-corrected chi connectivity index (χ3v) is 8.60. The number of carboxylic acid groups (broad SMARTS) is 1. The maximum Gasteiger partial charge on any atom is 0.352 e. The maximum atomic E-state index is 12.9. The summed E-state index contributed by atoms with van der Waals surface area (Å²) in [4.78, 5) is 51.9. The molecule has 0 aromatic carbocycles. The molecule has 4 heterocycles. The third kappa shape index (κ3) is 4.68. The van der Waals surface area contributed by atoms with Crippen molar-refractivity contribution in [3.8, 4) is 0 Å². The lowest BCUT2D eigenvalue weighted by molar-refractivity contribution is -0.150. The molecule has 0 saturated carbocycles. The molecule has 174 valence electrons. The smallest absolute Gasteiger partial charge is 0.352 e. The van der Waals surface area contributed by atoms with Crippen molar-refractivity contribution < 1.29 is 24.3 Å². The average Bonchev–Trinajstić information content (AvgIpc) is 3.40. The molecule has 2 aliphatic heterocycles. The number of hydrogen-bond donors (Lipinski definition) is 3. The normalized spacial score (nSPS) is 20.4. The number of carbonyl (C=O) groups is 3. The minimum Gasteiger partial charge on any atom is -0.477 e. The fraction of sp³-hybridized carbons (Fsp3) is 0.353. The summed E-state index contributed by atoms with van der Waals surface area (Å²) in [5, 5.41) is 17.4. The Hall–Kier alpha value is -2.69. The second-order valence-electron chi connectivity index (χ2n) is 6.71. The number of β-lactam (4-membered cyclic amide) rings is 1. The van der Waals surface area contributed by atoms with Gasteiger partial charge in [0.1, 0.15) is 35.7 Å². The van der Waals surface area contributed by atoms with Gasteiger partial charge in [0.15, 0.2) is 15.2 Å². The minimum absolute atomic E-state index is 0.0546. The van der Waals surface area contributed by atoms with Gasteiger partial charge in [-0.3, -0.25) is 14.5 Å². The Morgan fingerprint density at radius 1 is 1.45 bits per heavy atom. The molecule has 1 fully saturated rings. The van der Waals surface area contributed by atoms with Gasteiger partial charge in [0.25, 0.3) is 11.8 Å². The van der Waals surface area contributed by atoms with Crippen LogP contribution >= 0.6 is 46.4 Å². The molecule has 0 spiro atoms. The number of anilines is 1. The van der Waals surface area contributed by atoms with Gasteiger partial charge >= 0.3 is 5.97 Å². The highest BCUT2D eigenvalue weighted by Gasteiger charge is 2.54. The second kappa shape index (κ2) is 9.66. The minimum atomic E-state index is -1.19. The number of nitrogens with one attached hydrogen (secondary N) is 1. The van der Waals surface area contributed by atoms with E-state index in [1.54, 1.807) is 12.3 Å². The zero-order valence-electron chi connectivity index (χ0n) is 17.2. The number of oxime groups is 1. The Labute approximate surface area is 203 Å². The lowest BCUT2D eigenvalue weighted by Crippen LogP contribution is -2.71. The number of aryl methyl sites for hydroxylation is 1. The van der Waals surface area contributed by atoms with E-state index >= 15 is 0 Å². The Morgan fingerprint density at radius 2 is 2.24 bits per heavy atom. The van der Waals surface area contributed by atoms with Crippen LogP contribution < -0.4 is 11.1 Å². The molecule has 0 bridgehead atoms. The molecule has 1 unspecified atom stereocenters. The van der Waals surface area contributed by atoms with E-state index in [0.717, 1.165) is 15.7 Å². The predicted molar refractivity (Wildman–Crippen MR) is 125 cm³/mol. The van der Waals surface area contributed by atoms with Crippen molar-refractivity contribution in [2.75, 3.05) is 24.3 Å². The zero-order chi connectivity index (χ0) is 23.7. The summed E-state index contributed by atoms with van der Waals surface area (Å²) in [7, 11) is 1.28. The van der Waals surface area contributed by atoms with Gasteiger partial charge in [0.2, 0.25) is 0 Å². The first-order valence-corrected chi connectivity index (χ1v) is 13.0. The van der Waals surface area contributed by atoms with E-state index in [9.17, 15) is 19.5 Å². The number of thioether (sulfide) groups is 2. The van der Waals surface area contributed by atoms with Gasteiger partial charge in [-0.25, -0.2) is 14.8 Å². The first kappa shape index (κ1) is 23.5. The number of carboxylic acids is 1. The van der Waals surface area contributed by atoms with Gasteiger partial charge in [-0.1, -0.05) is 16.9 Å². The van der Waals surface area contributed by atoms with E-state index in [2.05, 4.69) is 24.8 Å². The van der Waals surface area contributed by atoms with E-state index in [-0.39, 0.29) is 22.2 Å². The molecule has 2 atom stereocenters. The van der Waals surface area contributed by atoms with Crippen LogP contribution in [0.25, 0.3) is 0 Å². The van der Waals surface area contributed by atoms with Crippen molar-refractivity contribution in [3.63, 3.8) is 0 Å². The van der Waals surface area contributed by atoms with Crippen molar-refractivity contribution in [1.82, 2.24) is 24.6 Å². The third-order valence-electron chi connectivity index (χ3n) is 4.58. The number of carbonyl (C=O) groups excluding carboxylic acids is 2. The molecule has 0 radical (unpaired) electrons. The van der Waals surface area contributed by atoms with Crippen LogP contribution in [-0.4, -0.2) is 77.9 Å². The monoisotopic (exact) mass is 527 g/mol. The fourth-order valence-electron chi connectivity index (χ4n) is 3.18. The van der Waals surface area contributed by atoms with Crippen LogP contribution in [0.15, 0.2) is 26.1 Å². The summed E-state index contributed by atoms with van der Waals surface area (Å²) in [6, 6.07) is -0.907. The molecule has 12 nitrogen and oxygen atoms in total. The molecule has 2 amide bonds. The molecule has 16 heteroatoms. The lowest BCUT2D eigenvalue weighted by Gasteiger charge is -2.49. The Morgan fingerprint density at radius 3 is 2.85 bits per heavy atom. The summed E-state index contributed by atoms with van der Waals surface area (Å²) in [6.07, 6.45) is 0. The van der Waals surface area contributed by atoms with E-state index in [4.69, 9.17) is 10.6 Å². The van der Waals surface area contributed by atoms with E-state index in [1.807, 2.05) is 0 Å². The van der Waals surface area contributed by atoms with E-state index in [1.165, 1.54) is 47.1 Å². The SMILES string of the molecule is CO/N=C(/C(=O)NC1C(=O)N2C(C(=O)O)=C(CSc3nc(C)ns3)CS[C@H]12)c1csc(N)n1. The molecule has 2 aliphatic rings. The highest BCUT2D eigenvalue weighted by atomic mass is 32.2. The van der Waals surface area contributed by atoms with Crippen LogP contribution in [-0.2, 0) is 19.2 Å². The Kier molecular flexibility index (Phi) is 6.87. The van der Waals surface area contributed by atoms with Crippen LogP contribution in [0.5, 0.6) is 0 Å². The highest BCUT2D eigenvalue weighted by molar-refractivity contribution is 8.01. The van der Waals surface area contributed by atoms with Gasteiger partial charge < -0.3 is 21.0 Å². The quantitative estimate of drug-likeness (QED) is 0.191. The van der Waals surface area contributed by atoms with Crippen LogP contribution in [0, 0.1) is 6.92 Å². The van der Waals surface area contributed by atoms with Crippen molar-refractivity contribution in [1.29, 1.82) is 0 Å². The number of nitrogens with zero attached hydrogens (tertiary/aromatic N) is 5. The molecule has 33 heavy (non-hydrogen) atoms. The lowest BCUT2D eigenvalue weighted by atomic mass is 10.0. The van der Waals surface area contributed by atoms with Gasteiger partial charge in [-0.05, 0) is 24.0 Å². The van der Waals surface area contributed by atoms with Crippen molar-refractivity contribution >= 4 is 75.0 Å². The van der Waals surface area contributed by atoms with Crippen LogP contribution in [0.1, 0.15) is 11.5 Å². The van der Waals surface area contributed by atoms with E-state index < -0.39 is 29.2 Å². The van der Waals surface area contributed by atoms with Crippen LogP contribution in [0.4, 0.5) is 5.13 Å². The number of aliphatic carboxylic acids is 1. The van der Waals surface area contributed by atoms with Gasteiger partial charge in [-0.2, -0.15) is 4.37 Å². The molecule has 2 aromatic rings. The van der Waals surface area contributed by atoms with Gasteiger partial charge in [-0.15, -0.1) is 23.1 Å². The summed E-state index contributed by atoms with van der Waals surface area (Å²) >= 11 is 5.13. The maximum absolute atomic E-state index is 12.9. The molecule has 4 rings (SSSR count). The van der Waals surface area contributed by atoms with Crippen LogP contribution in [0.2, 0.25) is 0 Å². The first-order chi connectivity index (χ1) is 15.8. The molecule has 1 saturated heterocycles. The molecule has 2 aromatic heterocycles. The van der Waals surface area contributed by atoms with Gasteiger partial charge in [0.05, 0.1) is 0 Å². The number of nitrogen functional groups attached to an aromatic ring is 1. The summed E-state index contributed by atoms with van der Waals surface area (Å²) in [5.74, 6) is -0.957. The van der Waals surface area contributed by atoms with Gasteiger partial charge in [0, 0.05) is 16.9 Å². The van der Waals surface area contributed by atoms with E-state index in [0.29, 0.717) is 22.9 Å². The Balaban J connectivity index is 1.49. The van der Waals surface area contributed by atoms with Crippen molar-refractivity contribution in [2.24, 2.45) is 5.16 Å². The number of hydrogen-bond acceptors (Lipinski definition) is 13. The number of fused-ring (bicyclic) bond motifs is 1. The highest BCUT2D eigenvalue weighted by Crippen LogP contribution is 2.41. The first-order valence-electron chi connectivity index (χ1n) is 9.26. The number of rotatable bonds is 8. The standard InChI is InChI=1S/C17H17N7O5S4/c1-6-19-17(33-23-6)32-4-7-3-30-14-10(13(26)24(14)11(7)15(27)28)21-12(25)9(22-29-2)8-5-31-16(18)20-8/h5,10,14H,3-4H2,1-2H3,(H2,18,20)(H,21,25)(H,27,28)/b22-9+/t10?,14-/m1/s1. The zero-order valence-corrected chi connectivity index (χ0v) is 20.4. The predicted octanol–water partition coefficient (Wildman–Crippen LogP) is 0.767. The Bertz CT molecular complexity index is 1180. The van der Waals surface area contributed by atoms with Crippen LogP contribution in [0.3, 0.4) is 0 Å². The summed E-state index contributed by atoms with van der Waals surface area (Å²) in [5.41, 5.74) is 6.27. The number of amides is 2. The van der Waals surface area contributed by atoms with Crippen molar-refractivity contribution in [2.45, 2.75) is 22.7 Å². The number of thiazole rings is 1. The van der Waals surface area contributed by atoms with Crippen molar-refractivity contribution in [3.05, 3.63) is 28.2 Å². The molecular formula is C17H17N7O5S4. The fourth-order valence-corrected chi connectivity index (χ4v) is 6.86. The molecular weight excluding hydrogens is 510 g/mol. The molecule has 0 aliphatic carbocycles. The topological polar surface area (TPSA) is 173 Å². The number of aromatic nitrogens is 3. The number of nitrogens with two attached hydrogens (primary N) is 1. The second-order valence-corrected chi connectivity index (χ2v) is 10.7. The summed E-state index contributed by atoms with van der Waals surface area (Å²) < 4.78 is 4.84.